The van der Waals surface area contributed by atoms with Crippen molar-refractivity contribution >= 4 is 17.5 Å². The van der Waals surface area contributed by atoms with Gasteiger partial charge in [0.05, 0.1) is 5.75 Å². The van der Waals surface area contributed by atoms with Gasteiger partial charge in [0, 0.05) is 30.5 Å². The Hall–Kier alpha value is -3.52. The molecule has 0 spiro atoms. The molecule has 35 heavy (non-hydrogen) atoms. The molecule has 8 heteroatoms. The highest BCUT2D eigenvalue weighted by Crippen LogP contribution is 2.35. The van der Waals surface area contributed by atoms with E-state index in [4.69, 9.17) is 9.47 Å². The van der Waals surface area contributed by atoms with Crippen LogP contribution in [0.5, 0.6) is 11.5 Å². The second-order valence-corrected chi connectivity index (χ2v) is 9.59. The molecule has 4 aromatic rings. The van der Waals surface area contributed by atoms with Crippen LogP contribution in [0.1, 0.15) is 39.2 Å². The van der Waals surface area contributed by atoms with Gasteiger partial charge in [0.25, 0.3) is 0 Å². The Morgan fingerprint density at radius 2 is 1.80 bits per heavy atom. The van der Waals surface area contributed by atoms with Gasteiger partial charge in [-0.3, -0.25) is 4.79 Å². The number of carbonyl (C=O) groups is 1. The molecule has 3 heterocycles. The van der Waals surface area contributed by atoms with Crippen molar-refractivity contribution in [2.75, 3.05) is 12.4 Å². The number of benzene rings is 2. The van der Waals surface area contributed by atoms with E-state index in [0.717, 1.165) is 35.7 Å². The van der Waals surface area contributed by atoms with Crippen LogP contribution in [0.3, 0.4) is 0 Å². The van der Waals surface area contributed by atoms with Gasteiger partial charge in [-0.05, 0) is 44.0 Å². The lowest BCUT2D eigenvalue weighted by Gasteiger charge is -2.25. The molecule has 1 unspecified atom stereocenters. The summed E-state index contributed by atoms with van der Waals surface area (Å²) in [6.45, 7) is 5.29. The molecule has 1 aliphatic heterocycles. The lowest BCUT2D eigenvalue weighted by atomic mass is 10.1. The van der Waals surface area contributed by atoms with Gasteiger partial charge >= 0.3 is 0 Å². The van der Waals surface area contributed by atoms with Gasteiger partial charge in [0.2, 0.25) is 0 Å². The molecule has 1 atom stereocenters. The first kappa shape index (κ1) is 23.2. The Balaban J connectivity index is 1.23. The Morgan fingerprint density at radius 1 is 1.06 bits per heavy atom. The highest BCUT2D eigenvalue weighted by atomic mass is 32.2. The number of hydrogen-bond donors (Lipinski definition) is 0. The molecule has 0 saturated heterocycles. The Morgan fingerprint density at radius 3 is 2.60 bits per heavy atom. The van der Waals surface area contributed by atoms with Crippen LogP contribution in [0.2, 0.25) is 0 Å². The fourth-order valence-electron chi connectivity index (χ4n) is 4.40. The zero-order chi connectivity index (χ0) is 24.4. The van der Waals surface area contributed by atoms with Crippen LogP contribution in [0.4, 0.5) is 0 Å². The molecule has 0 saturated carbocycles. The number of hydrogen-bond acceptors (Lipinski definition) is 6. The quantitative estimate of drug-likeness (QED) is 0.258. The first-order valence-corrected chi connectivity index (χ1v) is 12.6. The predicted octanol–water partition coefficient (Wildman–Crippen LogP) is 4.96. The summed E-state index contributed by atoms with van der Waals surface area (Å²) in [4.78, 5) is 13.1. The summed E-state index contributed by atoms with van der Waals surface area (Å²) in [6.07, 6.45) is 0.578. The van der Waals surface area contributed by atoms with Crippen LogP contribution >= 0.6 is 11.8 Å². The summed E-state index contributed by atoms with van der Waals surface area (Å²) in [5.41, 5.74) is 4.17. The second-order valence-electron chi connectivity index (χ2n) is 8.65. The van der Waals surface area contributed by atoms with Crippen LogP contribution in [0, 0.1) is 13.8 Å². The van der Waals surface area contributed by atoms with E-state index in [0.29, 0.717) is 29.1 Å². The number of ketones is 1. The van der Waals surface area contributed by atoms with Gasteiger partial charge in [0.15, 0.2) is 34.4 Å². The molecule has 180 valence electrons. The largest absolute Gasteiger partial charge is 0.485 e. The smallest absolute Gasteiger partial charge is 0.192 e. The van der Waals surface area contributed by atoms with Crippen molar-refractivity contribution in [3.63, 3.8) is 0 Å². The molecule has 0 amide bonds. The van der Waals surface area contributed by atoms with E-state index in [1.165, 1.54) is 17.3 Å². The van der Waals surface area contributed by atoms with Crippen molar-refractivity contribution in [1.29, 1.82) is 0 Å². The number of para-hydroxylation sites is 2. The zero-order valence-corrected chi connectivity index (χ0v) is 20.9. The summed E-state index contributed by atoms with van der Waals surface area (Å²) >= 11 is 1.39. The van der Waals surface area contributed by atoms with Gasteiger partial charge in [-0.2, -0.15) is 0 Å². The van der Waals surface area contributed by atoms with E-state index in [1.807, 2.05) is 54.9 Å². The van der Waals surface area contributed by atoms with E-state index in [9.17, 15) is 4.79 Å². The van der Waals surface area contributed by atoms with Gasteiger partial charge in [0.1, 0.15) is 6.61 Å². The predicted molar refractivity (Wildman–Crippen MR) is 135 cm³/mol. The Kier molecular flexibility index (Phi) is 6.63. The van der Waals surface area contributed by atoms with Crippen molar-refractivity contribution < 1.29 is 14.3 Å². The number of aryl methyl sites for hydroxylation is 2. The molecule has 0 N–H and O–H groups in total. The molecule has 0 radical (unpaired) electrons. The van der Waals surface area contributed by atoms with Crippen LogP contribution < -0.4 is 9.47 Å². The maximum Gasteiger partial charge on any atom is 0.192 e. The number of rotatable bonds is 8. The van der Waals surface area contributed by atoms with Crippen molar-refractivity contribution in [2.45, 2.75) is 38.1 Å². The summed E-state index contributed by atoms with van der Waals surface area (Å²) in [6, 6.07) is 20.0. The van der Waals surface area contributed by atoms with E-state index >= 15 is 0 Å². The number of Topliss-reactive ketones (excluding diaryl/α,β-unsaturated/α-hetero) is 1. The molecule has 0 bridgehead atoms. The number of ether oxygens (including phenoxy) is 2. The summed E-state index contributed by atoms with van der Waals surface area (Å²) in [5, 5.41) is 9.30. The number of aromatic nitrogens is 4. The maximum atomic E-state index is 13.1. The molecule has 1 aliphatic rings. The minimum Gasteiger partial charge on any atom is -0.485 e. The number of nitrogens with zero attached hydrogens (tertiary/aromatic N) is 4. The summed E-state index contributed by atoms with van der Waals surface area (Å²) in [5.74, 6) is 2.48. The zero-order valence-electron chi connectivity index (χ0n) is 20.1. The molecule has 7 nitrogen and oxygen atoms in total. The minimum absolute atomic E-state index is 0.0878. The summed E-state index contributed by atoms with van der Waals surface area (Å²) in [7, 11) is 1.89. The molecule has 2 aromatic carbocycles. The first-order chi connectivity index (χ1) is 17.0. The van der Waals surface area contributed by atoms with E-state index in [1.54, 1.807) is 0 Å². The van der Waals surface area contributed by atoms with E-state index in [2.05, 4.69) is 46.0 Å². The highest BCUT2D eigenvalue weighted by molar-refractivity contribution is 7.99. The van der Waals surface area contributed by atoms with Crippen LogP contribution in [-0.2, 0) is 20.0 Å². The fourth-order valence-corrected chi connectivity index (χ4v) is 5.20. The van der Waals surface area contributed by atoms with Crippen molar-refractivity contribution in [3.05, 3.63) is 89.0 Å². The molecule has 0 fully saturated rings. The lowest BCUT2D eigenvalue weighted by Crippen LogP contribution is -2.24. The highest BCUT2D eigenvalue weighted by Gasteiger charge is 2.27. The number of carbonyl (C=O) groups excluding carboxylic acids is 1. The number of thioether (sulfide) groups is 1. The van der Waals surface area contributed by atoms with E-state index in [-0.39, 0.29) is 11.9 Å². The Bertz CT molecular complexity index is 1350. The molecule has 5 rings (SSSR count). The van der Waals surface area contributed by atoms with Gasteiger partial charge < -0.3 is 18.6 Å². The van der Waals surface area contributed by atoms with Crippen LogP contribution in [-0.4, -0.2) is 37.5 Å². The fraction of sp³-hybridized carbons (Fsp3) is 0.296. The number of fused-ring (bicyclic) bond motifs is 1. The lowest BCUT2D eigenvalue weighted by molar-refractivity contribution is 0.0825. The molecule has 0 aliphatic carbocycles. The van der Waals surface area contributed by atoms with Gasteiger partial charge in [-0.15, -0.1) is 10.2 Å². The average molecular weight is 489 g/mol. The van der Waals surface area contributed by atoms with Crippen LogP contribution in [0.25, 0.3) is 0 Å². The van der Waals surface area contributed by atoms with Crippen molar-refractivity contribution in [3.8, 4) is 11.5 Å². The van der Waals surface area contributed by atoms with Crippen LogP contribution in [0.15, 0.2) is 65.8 Å². The third kappa shape index (κ3) is 4.84. The Labute approximate surface area is 209 Å². The third-order valence-corrected chi connectivity index (χ3v) is 7.36. The van der Waals surface area contributed by atoms with Gasteiger partial charge in [-0.25, -0.2) is 0 Å². The second kappa shape index (κ2) is 10.00. The molecule has 2 aromatic heterocycles. The third-order valence-electron chi connectivity index (χ3n) is 6.34. The van der Waals surface area contributed by atoms with Crippen molar-refractivity contribution in [1.82, 2.24) is 19.3 Å². The SMILES string of the molecule is Cc1cc(C(=O)CSc2nnc(C3COc4ccccc4O3)n2C)c(C)n1CCc1ccccc1. The molecular weight excluding hydrogens is 460 g/mol. The van der Waals surface area contributed by atoms with Crippen molar-refractivity contribution in [2.24, 2.45) is 7.05 Å². The summed E-state index contributed by atoms with van der Waals surface area (Å²) < 4.78 is 16.0. The van der Waals surface area contributed by atoms with E-state index < -0.39 is 0 Å². The molecular formula is C27H28N4O3S. The minimum atomic E-state index is -0.351. The first-order valence-electron chi connectivity index (χ1n) is 11.7. The maximum absolute atomic E-state index is 13.1. The van der Waals surface area contributed by atoms with Gasteiger partial charge in [-0.1, -0.05) is 54.2 Å². The standard InChI is InChI=1S/C27H28N4O3S/c1-18-15-21(19(2)31(18)14-13-20-9-5-4-6-10-20)22(32)17-35-27-29-28-26(30(27)3)25-16-33-23-11-7-8-12-24(23)34-25/h4-12,15,25H,13-14,16-17H2,1-3H3. The average Bonchev–Trinajstić information content (AvgIpc) is 3.39. The normalized spacial score (nSPS) is 14.8. The monoisotopic (exact) mass is 488 g/mol. The topological polar surface area (TPSA) is 71.2 Å².